The monoisotopic (exact) mass is 306 g/mol. The number of carboxylic acid groups (broad SMARTS) is 1. The molecule has 1 spiro atoms. The maximum Gasteiger partial charge on any atom is 0.311 e. The summed E-state index contributed by atoms with van der Waals surface area (Å²) in [5, 5.41) is 9.66. The third kappa shape index (κ3) is 3.16. The molecular weight excluding hydrogens is 284 g/mol. The number of hydrogen-bond acceptors (Lipinski definition) is 4. The molecule has 5 heteroatoms. The van der Waals surface area contributed by atoms with Crippen LogP contribution < -0.4 is 0 Å². The number of hydrogen-bond donors (Lipinski definition) is 1. The summed E-state index contributed by atoms with van der Waals surface area (Å²) in [6.07, 6.45) is 2.29. The first-order valence-corrected chi connectivity index (χ1v) is 7.77. The maximum absolute atomic E-state index is 11.8. The van der Waals surface area contributed by atoms with Crippen LogP contribution in [0.5, 0.6) is 0 Å². The first kappa shape index (κ1) is 15.5. The highest BCUT2D eigenvalue weighted by Gasteiger charge is 2.50. The molecule has 5 nitrogen and oxygen atoms in total. The second kappa shape index (κ2) is 6.36. The van der Waals surface area contributed by atoms with Crippen LogP contribution in [0.3, 0.4) is 0 Å². The number of ether oxygens (including phenoxy) is 3. The number of rotatable bonds is 5. The van der Waals surface area contributed by atoms with Gasteiger partial charge in [0.2, 0.25) is 0 Å². The standard InChI is InChI=1S/C17H22O5/c18-15(19)16(13-20-12-14-4-2-1-3-5-14)6-8-17(9-7-16)21-10-11-22-17/h1-5H,6-13H2,(H,18,19). The van der Waals surface area contributed by atoms with Crippen molar-refractivity contribution in [1.82, 2.24) is 0 Å². The summed E-state index contributed by atoms with van der Waals surface area (Å²) in [4.78, 5) is 11.8. The van der Waals surface area contributed by atoms with Crippen LogP contribution in [0.2, 0.25) is 0 Å². The second-order valence-electron chi connectivity index (χ2n) is 6.17. The van der Waals surface area contributed by atoms with Crippen molar-refractivity contribution in [1.29, 1.82) is 0 Å². The average molecular weight is 306 g/mol. The number of carboxylic acids is 1. The lowest BCUT2D eigenvalue weighted by molar-refractivity contribution is -0.202. The van der Waals surface area contributed by atoms with Gasteiger partial charge in [0.1, 0.15) is 0 Å². The fourth-order valence-corrected chi connectivity index (χ4v) is 3.25. The van der Waals surface area contributed by atoms with E-state index >= 15 is 0 Å². The Morgan fingerprint density at radius 2 is 1.73 bits per heavy atom. The number of carbonyl (C=O) groups is 1. The summed E-state index contributed by atoms with van der Waals surface area (Å²) < 4.78 is 17.1. The van der Waals surface area contributed by atoms with Crippen LogP contribution in [-0.2, 0) is 25.6 Å². The first-order chi connectivity index (χ1) is 10.6. The van der Waals surface area contributed by atoms with E-state index in [1.807, 2.05) is 30.3 Å². The van der Waals surface area contributed by atoms with Crippen molar-refractivity contribution in [2.75, 3.05) is 19.8 Å². The Hall–Kier alpha value is -1.43. The zero-order valence-electron chi connectivity index (χ0n) is 12.6. The minimum atomic E-state index is -0.824. The highest BCUT2D eigenvalue weighted by molar-refractivity contribution is 5.75. The van der Waals surface area contributed by atoms with Crippen molar-refractivity contribution in [2.24, 2.45) is 5.41 Å². The zero-order valence-corrected chi connectivity index (χ0v) is 12.6. The summed E-state index contributed by atoms with van der Waals surface area (Å²) in [6.45, 7) is 1.87. The molecule has 1 aliphatic heterocycles. The maximum atomic E-state index is 11.8. The van der Waals surface area contributed by atoms with Crippen molar-refractivity contribution in [3.8, 4) is 0 Å². The first-order valence-electron chi connectivity index (χ1n) is 7.77. The van der Waals surface area contributed by atoms with E-state index in [1.54, 1.807) is 0 Å². The van der Waals surface area contributed by atoms with Crippen molar-refractivity contribution in [3.05, 3.63) is 35.9 Å². The Labute approximate surface area is 130 Å². The van der Waals surface area contributed by atoms with E-state index < -0.39 is 17.2 Å². The van der Waals surface area contributed by atoms with Gasteiger partial charge in [0.25, 0.3) is 0 Å². The van der Waals surface area contributed by atoms with E-state index in [2.05, 4.69) is 0 Å². The molecule has 0 unspecified atom stereocenters. The van der Waals surface area contributed by atoms with E-state index in [-0.39, 0.29) is 6.61 Å². The fraction of sp³-hybridized carbons (Fsp3) is 0.588. The summed E-state index contributed by atoms with van der Waals surface area (Å²) in [7, 11) is 0. The number of benzene rings is 1. The SMILES string of the molecule is O=C(O)C1(COCc2ccccc2)CCC2(CC1)OCCO2. The van der Waals surface area contributed by atoms with Crippen molar-refractivity contribution in [3.63, 3.8) is 0 Å². The molecule has 0 atom stereocenters. The predicted molar refractivity (Wildman–Crippen MR) is 79.3 cm³/mol. The molecule has 1 saturated heterocycles. The third-order valence-electron chi connectivity index (χ3n) is 4.73. The molecular formula is C17H22O5. The molecule has 0 bridgehead atoms. The molecule has 0 amide bonds. The van der Waals surface area contributed by atoms with Gasteiger partial charge >= 0.3 is 5.97 Å². The lowest BCUT2D eigenvalue weighted by atomic mass is 9.72. The Bertz CT molecular complexity index is 497. The molecule has 1 heterocycles. The van der Waals surface area contributed by atoms with E-state index in [1.165, 1.54) is 0 Å². The minimum Gasteiger partial charge on any atom is -0.481 e. The van der Waals surface area contributed by atoms with E-state index in [4.69, 9.17) is 14.2 Å². The average Bonchev–Trinajstić information content (AvgIpc) is 2.99. The normalized spacial score (nSPS) is 22.7. The van der Waals surface area contributed by atoms with Crippen molar-refractivity contribution in [2.45, 2.75) is 38.1 Å². The zero-order chi connectivity index (χ0) is 15.5. The molecule has 2 aliphatic rings. The molecule has 1 aromatic carbocycles. The fourth-order valence-electron chi connectivity index (χ4n) is 3.25. The van der Waals surface area contributed by atoms with Gasteiger partial charge in [-0.05, 0) is 18.4 Å². The van der Waals surface area contributed by atoms with Crippen LogP contribution >= 0.6 is 0 Å². The van der Waals surface area contributed by atoms with Crippen LogP contribution in [0.15, 0.2) is 30.3 Å². The molecule has 3 rings (SSSR count). The highest BCUT2D eigenvalue weighted by atomic mass is 16.7. The van der Waals surface area contributed by atoms with Gasteiger partial charge in [0, 0.05) is 12.8 Å². The Morgan fingerprint density at radius 1 is 1.09 bits per heavy atom. The summed E-state index contributed by atoms with van der Waals surface area (Å²) >= 11 is 0. The van der Waals surface area contributed by atoms with E-state index in [9.17, 15) is 9.90 Å². The van der Waals surface area contributed by atoms with Crippen LogP contribution in [-0.4, -0.2) is 36.7 Å². The smallest absolute Gasteiger partial charge is 0.311 e. The highest BCUT2D eigenvalue weighted by Crippen LogP contribution is 2.45. The van der Waals surface area contributed by atoms with Gasteiger partial charge in [-0.3, -0.25) is 4.79 Å². The van der Waals surface area contributed by atoms with Crippen molar-refractivity contribution < 1.29 is 24.1 Å². The molecule has 1 saturated carbocycles. The quantitative estimate of drug-likeness (QED) is 0.906. The Balaban J connectivity index is 1.57. The summed E-state index contributed by atoms with van der Waals surface area (Å²) in [6, 6.07) is 9.80. The van der Waals surface area contributed by atoms with Gasteiger partial charge in [0.15, 0.2) is 5.79 Å². The molecule has 1 aromatic rings. The molecule has 22 heavy (non-hydrogen) atoms. The van der Waals surface area contributed by atoms with Gasteiger partial charge < -0.3 is 19.3 Å². The molecule has 120 valence electrons. The second-order valence-corrected chi connectivity index (χ2v) is 6.17. The van der Waals surface area contributed by atoms with Crippen LogP contribution in [0.25, 0.3) is 0 Å². The molecule has 1 aliphatic carbocycles. The van der Waals surface area contributed by atoms with E-state index in [0.29, 0.717) is 45.5 Å². The van der Waals surface area contributed by atoms with Gasteiger partial charge in [-0.15, -0.1) is 0 Å². The van der Waals surface area contributed by atoms with Crippen LogP contribution in [0, 0.1) is 5.41 Å². The van der Waals surface area contributed by atoms with Gasteiger partial charge in [0.05, 0.1) is 31.8 Å². The number of aliphatic carboxylic acids is 1. The topological polar surface area (TPSA) is 65.0 Å². The Morgan fingerprint density at radius 3 is 2.32 bits per heavy atom. The molecule has 2 fully saturated rings. The molecule has 0 aromatic heterocycles. The summed E-state index contributed by atoms with van der Waals surface area (Å²) in [5.74, 6) is -1.33. The lowest BCUT2D eigenvalue weighted by Gasteiger charge is -2.40. The minimum absolute atomic E-state index is 0.229. The predicted octanol–water partition coefficient (Wildman–Crippen LogP) is 2.59. The molecule has 0 radical (unpaired) electrons. The van der Waals surface area contributed by atoms with Gasteiger partial charge in [-0.25, -0.2) is 0 Å². The largest absolute Gasteiger partial charge is 0.481 e. The lowest BCUT2D eigenvalue weighted by Crippen LogP contribution is -2.46. The van der Waals surface area contributed by atoms with Crippen LogP contribution in [0.4, 0.5) is 0 Å². The van der Waals surface area contributed by atoms with Crippen molar-refractivity contribution >= 4 is 5.97 Å². The van der Waals surface area contributed by atoms with E-state index in [0.717, 1.165) is 5.56 Å². The van der Waals surface area contributed by atoms with Gasteiger partial charge in [-0.1, -0.05) is 30.3 Å². The third-order valence-corrected chi connectivity index (χ3v) is 4.73. The summed E-state index contributed by atoms with van der Waals surface area (Å²) in [5.41, 5.74) is 0.229. The molecule has 1 N–H and O–H groups in total. The van der Waals surface area contributed by atoms with Crippen LogP contribution in [0.1, 0.15) is 31.2 Å². The van der Waals surface area contributed by atoms with Gasteiger partial charge in [-0.2, -0.15) is 0 Å². The Kier molecular flexibility index (Phi) is 4.47.